The first-order chi connectivity index (χ1) is 22.4. The van der Waals surface area contributed by atoms with E-state index in [1.807, 2.05) is 4.90 Å². The predicted molar refractivity (Wildman–Crippen MR) is 169 cm³/mol. The van der Waals surface area contributed by atoms with Gasteiger partial charge in [-0.15, -0.1) is 0 Å². The van der Waals surface area contributed by atoms with Crippen molar-refractivity contribution in [3.8, 4) is 0 Å². The Morgan fingerprint density at radius 2 is 1.68 bits per heavy atom. The quantitative estimate of drug-likeness (QED) is 0.419. The lowest BCUT2D eigenvalue weighted by atomic mass is 9.85. The van der Waals surface area contributed by atoms with Crippen LogP contribution in [-0.4, -0.2) is 65.2 Å². The Labute approximate surface area is 261 Å². The minimum Gasteiger partial charge on any atom is -0.378 e. The fraction of sp³-hybridized carbons (Fsp3) is 0.606. The monoisotopic (exact) mass is 613 g/mol. The van der Waals surface area contributed by atoms with E-state index in [2.05, 4.69) is 15.3 Å². The average Bonchev–Trinajstić information content (AvgIpc) is 3.05. The third-order valence-electron chi connectivity index (χ3n) is 9.55. The van der Waals surface area contributed by atoms with Crippen LogP contribution in [0.5, 0.6) is 0 Å². The summed E-state index contributed by atoms with van der Waals surface area (Å²) in [5.74, 6) is -3.68. The number of halogens is 2. The Balaban J connectivity index is 1.50. The summed E-state index contributed by atoms with van der Waals surface area (Å²) in [6.45, 7) is 3.13. The molecule has 0 amide bonds. The third kappa shape index (κ3) is 6.13. The van der Waals surface area contributed by atoms with Gasteiger partial charge < -0.3 is 24.4 Å². The van der Waals surface area contributed by atoms with Crippen molar-refractivity contribution in [3.05, 3.63) is 62.2 Å². The van der Waals surface area contributed by atoms with Gasteiger partial charge in [-0.25, -0.2) is 13.5 Å². The number of fused-ring (bicyclic) bond motifs is 9. The Morgan fingerprint density at radius 1 is 0.955 bits per heavy atom. The fourth-order valence-electron chi connectivity index (χ4n) is 6.91. The van der Waals surface area contributed by atoms with Gasteiger partial charge in [-0.05, 0) is 69.9 Å². The summed E-state index contributed by atoms with van der Waals surface area (Å²) in [7, 11) is 0. The Bertz CT molecular complexity index is 1700. The number of anilines is 2. The van der Waals surface area contributed by atoms with Gasteiger partial charge in [0.05, 0.1) is 24.6 Å². The fourth-order valence-corrected chi connectivity index (χ4v) is 6.91. The summed E-state index contributed by atoms with van der Waals surface area (Å²) < 4.78 is 63.5. The first-order valence-electron chi connectivity index (χ1n) is 17.5. The molecule has 0 radical (unpaired) electrons. The zero-order valence-corrected chi connectivity index (χ0v) is 25.4. The van der Waals surface area contributed by atoms with Gasteiger partial charge in [-0.2, -0.15) is 5.10 Å². The van der Waals surface area contributed by atoms with Gasteiger partial charge in [-0.1, -0.05) is 37.5 Å². The van der Waals surface area contributed by atoms with E-state index in [4.69, 9.17) is 8.85 Å². The minimum atomic E-state index is -3.01. The van der Waals surface area contributed by atoms with E-state index in [-0.39, 0.29) is 29.0 Å². The lowest BCUT2D eigenvalue weighted by molar-refractivity contribution is -0.0855. The van der Waals surface area contributed by atoms with Gasteiger partial charge in [0.15, 0.2) is 5.82 Å². The summed E-state index contributed by atoms with van der Waals surface area (Å²) in [6, 6.07) is 7.35. The summed E-state index contributed by atoms with van der Waals surface area (Å²) in [5, 5.41) is 7.83. The summed E-state index contributed by atoms with van der Waals surface area (Å²) >= 11 is 0. The molecule has 2 aromatic heterocycles. The number of hydrogen-bond donors (Lipinski definition) is 1. The second kappa shape index (κ2) is 13.0. The highest BCUT2D eigenvalue weighted by Gasteiger charge is 2.42. The molecular formula is C33H44F2N6O3. The van der Waals surface area contributed by atoms with Crippen molar-refractivity contribution in [2.75, 3.05) is 56.2 Å². The van der Waals surface area contributed by atoms with Crippen LogP contribution >= 0.6 is 0 Å². The average molecular weight is 614 g/mol. The molecule has 0 saturated carbocycles. The first kappa shape index (κ1) is 27.0. The van der Waals surface area contributed by atoms with Gasteiger partial charge >= 0.3 is 0 Å². The normalized spacial score (nSPS) is 26.3. The largest absolute Gasteiger partial charge is 0.378 e. The molecule has 2 fully saturated rings. The number of ether oxygens (including phenoxy) is 1. The van der Waals surface area contributed by atoms with E-state index in [9.17, 15) is 9.59 Å². The summed E-state index contributed by atoms with van der Waals surface area (Å²) in [6.07, 6.45) is 5.16. The molecule has 1 N–H and O–H groups in total. The molecule has 9 nitrogen and oxygen atoms in total. The number of alkyl halides is 2. The molecule has 6 heterocycles. The maximum atomic E-state index is 15.9. The van der Waals surface area contributed by atoms with Crippen molar-refractivity contribution in [1.29, 1.82) is 0 Å². The standard InChI is InChI=1S/C33H44F2N6O3/c1-23-24-9-8-10-26(21-24)33(34,35)25-11-15-39(16-12-25)13-6-4-3-5-7-14-41-29-27(30(36-23)37-38(2)32(29)43)22-28(31(41)42)40-17-19-44-20-18-40/h8-10,21-23,25H,3-7,11-20H2,1-2H3,(H,36,37)/t23-/m1/s1/i2D3. The summed E-state index contributed by atoms with van der Waals surface area (Å²) in [5.41, 5.74) is -0.392. The van der Waals surface area contributed by atoms with Crippen molar-refractivity contribution in [1.82, 2.24) is 19.2 Å². The molecule has 3 aromatic rings. The zero-order chi connectivity index (χ0) is 33.3. The molecule has 238 valence electrons. The van der Waals surface area contributed by atoms with Crippen molar-refractivity contribution in [2.45, 2.75) is 70.4 Å². The Kier molecular flexibility index (Phi) is 7.97. The minimum absolute atomic E-state index is 0.0385. The number of pyridine rings is 1. The highest BCUT2D eigenvalue weighted by atomic mass is 19.3. The van der Waals surface area contributed by atoms with Crippen LogP contribution in [0.4, 0.5) is 20.3 Å². The second-order valence-electron chi connectivity index (χ2n) is 12.4. The number of piperidine rings is 1. The van der Waals surface area contributed by atoms with Crippen molar-refractivity contribution >= 4 is 22.4 Å². The van der Waals surface area contributed by atoms with Crippen LogP contribution in [0, 0.1) is 5.92 Å². The molecule has 1 aromatic carbocycles. The predicted octanol–water partition coefficient (Wildman–Crippen LogP) is 4.87. The first-order valence-corrected chi connectivity index (χ1v) is 16.0. The maximum Gasteiger partial charge on any atom is 0.291 e. The van der Waals surface area contributed by atoms with Crippen molar-refractivity contribution < 1.29 is 17.6 Å². The SMILES string of the molecule is [2H]C([2H])([2H])n1nc2c3cc(N4CCOCC4)c(=O)n(c3c1=O)CCCCCCCN1CCC(CC1)C(F)(F)c1cccc(c1)[C@@H](C)N2. The lowest BCUT2D eigenvalue weighted by Crippen LogP contribution is -2.41. The maximum absolute atomic E-state index is 15.9. The number of nitrogens with zero attached hydrogens (tertiary/aromatic N) is 5. The molecular weight excluding hydrogens is 566 g/mol. The molecule has 7 rings (SSSR count). The topological polar surface area (TPSA) is 84.6 Å². The van der Waals surface area contributed by atoms with Crippen LogP contribution < -0.4 is 21.3 Å². The number of morpholine rings is 1. The van der Waals surface area contributed by atoms with Crippen LogP contribution in [-0.2, 0) is 24.2 Å². The van der Waals surface area contributed by atoms with Crippen LogP contribution in [0.1, 0.15) is 73.2 Å². The summed E-state index contributed by atoms with van der Waals surface area (Å²) in [4.78, 5) is 32.1. The molecule has 4 aliphatic rings. The highest BCUT2D eigenvalue weighted by Crippen LogP contribution is 2.42. The van der Waals surface area contributed by atoms with Gasteiger partial charge in [0, 0.05) is 42.2 Å². The highest BCUT2D eigenvalue weighted by molar-refractivity contribution is 5.91. The molecule has 44 heavy (non-hydrogen) atoms. The molecule has 4 aliphatic heterocycles. The smallest absolute Gasteiger partial charge is 0.291 e. The molecule has 2 saturated heterocycles. The molecule has 1 atom stereocenters. The number of rotatable bonds is 1. The van der Waals surface area contributed by atoms with Crippen LogP contribution in [0.2, 0.25) is 0 Å². The number of nitrogens with one attached hydrogen (secondary N) is 1. The van der Waals surface area contributed by atoms with E-state index >= 15 is 8.78 Å². The molecule has 0 spiro atoms. The van der Waals surface area contributed by atoms with Gasteiger partial charge in [0.2, 0.25) is 0 Å². The lowest BCUT2D eigenvalue weighted by Gasteiger charge is -2.36. The molecule has 8 bridgehead atoms. The van der Waals surface area contributed by atoms with Gasteiger partial charge in [0.1, 0.15) is 11.2 Å². The van der Waals surface area contributed by atoms with Gasteiger partial charge in [0.25, 0.3) is 17.0 Å². The van der Waals surface area contributed by atoms with Crippen LogP contribution in [0.25, 0.3) is 10.9 Å². The van der Waals surface area contributed by atoms with Crippen molar-refractivity contribution in [3.63, 3.8) is 0 Å². The zero-order valence-electron chi connectivity index (χ0n) is 28.4. The van der Waals surface area contributed by atoms with E-state index < -0.39 is 30.4 Å². The molecule has 0 unspecified atom stereocenters. The Morgan fingerprint density at radius 3 is 2.43 bits per heavy atom. The van der Waals surface area contributed by atoms with Gasteiger partial charge in [-0.3, -0.25) is 9.59 Å². The molecule has 0 aliphatic carbocycles. The number of benzene rings is 1. The van der Waals surface area contributed by atoms with E-state index in [1.54, 1.807) is 25.1 Å². The van der Waals surface area contributed by atoms with Crippen LogP contribution in [0.3, 0.4) is 0 Å². The number of aryl methyl sites for hydroxylation is 2. The Hall–Kier alpha value is -3.31. The number of aromatic nitrogens is 3. The van der Waals surface area contributed by atoms with E-state index in [0.717, 1.165) is 32.2 Å². The molecule has 11 heteroatoms. The van der Waals surface area contributed by atoms with Crippen molar-refractivity contribution in [2.24, 2.45) is 12.9 Å². The van der Waals surface area contributed by atoms with Crippen LogP contribution in [0.15, 0.2) is 39.9 Å². The van der Waals surface area contributed by atoms with E-state index in [1.165, 1.54) is 16.7 Å². The van der Waals surface area contributed by atoms with E-state index in [0.29, 0.717) is 80.0 Å². The second-order valence-corrected chi connectivity index (χ2v) is 12.4. The number of hydrogen-bond acceptors (Lipinski definition) is 7. The third-order valence-corrected chi connectivity index (χ3v) is 9.55.